The zero-order valence-electron chi connectivity index (χ0n) is 21.3. The fraction of sp³-hybridized carbons (Fsp3) is 0.367. The molecule has 1 aromatic heterocycles. The Labute approximate surface area is 218 Å². The van der Waals surface area contributed by atoms with Crippen molar-refractivity contribution < 1.29 is 14.3 Å². The van der Waals surface area contributed by atoms with Gasteiger partial charge in [-0.2, -0.15) is 0 Å². The summed E-state index contributed by atoms with van der Waals surface area (Å²) < 4.78 is 6.43. The van der Waals surface area contributed by atoms with Gasteiger partial charge in [0.15, 0.2) is 5.54 Å². The van der Waals surface area contributed by atoms with Crippen LogP contribution in [0.2, 0.25) is 0 Å². The highest BCUT2D eigenvalue weighted by Crippen LogP contribution is 2.38. The Bertz CT molecular complexity index is 1160. The van der Waals surface area contributed by atoms with E-state index >= 15 is 0 Å². The van der Waals surface area contributed by atoms with Crippen LogP contribution in [-0.4, -0.2) is 59.5 Å². The molecule has 5 rings (SSSR count). The Balaban J connectivity index is 1.30. The molecular formula is C30H34N4O3. The van der Waals surface area contributed by atoms with Gasteiger partial charge in [-0.3, -0.25) is 14.7 Å². The summed E-state index contributed by atoms with van der Waals surface area (Å²) in [5, 5.41) is 3.00. The number of nitrogens with zero attached hydrogens (tertiary/aromatic N) is 3. The van der Waals surface area contributed by atoms with Crippen LogP contribution in [-0.2, 0) is 20.7 Å². The highest BCUT2D eigenvalue weighted by Gasteiger charge is 2.53. The van der Waals surface area contributed by atoms with Crippen LogP contribution in [0.5, 0.6) is 0 Å². The van der Waals surface area contributed by atoms with E-state index in [-0.39, 0.29) is 17.5 Å². The summed E-state index contributed by atoms with van der Waals surface area (Å²) >= 11 is 0. The highest BCUT2D eigenvalue weighted by atomic mass is 16.5. The average molecular weight is 499 g/mol. The minimum absolute atomic E-state index is 0.265. The number of ether oxygens (including phenoxy) is 1. The third kappa shape index (κ3) is 4.77. The van der Waals surface area contributed by atoms with E-state index in [1.54, 1.807) is 18.5 Å². The summed E-state index contributed by atoms with van der Waals surface area (Å²) in [5.74, 6) is -0.265. The number of carbonyl (C=O) groups excluding carboxylic acids is 2. The van der Waals surface area contributed by atoms with Crippen LogP contribution in [0.15, 0.2) is 85.2 Å². The topological polar surface area (TPSA) is 74.8 Å². The zero-order chi connectivity index (χ0) is 25.7. The Kier molecular flexibility index (Phi) is 7.35. The second-order valence-corrected chi connectivity index (χ2v) is 9.80. The minimum Gasteiger partial charge on any atom is -0.370 e. The summed E-state index contributed by atoms with van der Waals surface area (Å²) in [5.41, 5.74) is 1.05. The number of carbonyl (C=O) groups is 2. The van der Waals surface area contributed by atoms with E-state index in [0.717, 1.165) is 44.5 Å². The Hall–Kier alpha value is -3.55. The molecule has 0 radical (unpaired) electrons. The van der Waals surface area contributed by atoms with E-state index in [9.17, 15) is 9.59 Å². The summed E-state index contributed by atoms with van der Waals surface area (Å²) in [4.78, 5) is 35.0. The monoisotopic (exact) mass is 498 g/mol. The van der Waals surface area contributed by atoms with Crippen molar-refractivity contribution in [2.75, 3.05) is 32.8 Å². The summed E-state index contributed by atoms with van der Waals surface area (Å²) in [6, 6.07) is 23.1. The first-order valence-electron chi connectivity index (χ1n) is 13.1. The maximum atomic E-state index is 13.9. The van der Waals surface area contributed by atoms with Crippen LogP contribution in [0.3, 0.4) is 0 Å². The molecule has 192 valence electrons. The number of hydrogen-bond donors (Lipinski definition) is 1. The van der Waals surface area contributed by atoms with Gasteiger partial charge >= 0.3 is 6.03 Å². The third-order valence-corrected chi connectivity index (χ3v) is 7.59. The second kappa shape index (κ2) is 10.8. The largest absolute Gasteiger partial charge is 0.370 e. The van der Waals surface area contributed by atoms with Crippen molar-refractivity contribution >= 4 is 11.9 Å². The number of piperidine rings is 1. The van der Waals surface area contributed by atoms with Gasteiger partial charge in [-0.15, -0.1) is 0 Å². The predicted octanol–water partition coefficient (Wildman–Crippen LogP) is 4.29. The number of aromatic nitrogens is 1. The van der Waals surface area contributed by atoms with Gasteiger partial charge in [0.2, 0.25) is 0 Å². The van der Waals surface area contributed by atoms with Crippen LogP contribution in [0.1, 0.15) is 42.9 Å². The quantitative estimate of drug-likeness (QED) is 0.446. The van der Waals surface area contributed by atoms with Crippen LogP contribution in [0.4, 0.5) is 4.79 Å². The molecule has 2 aliphatic rings. The fourth-order valence-electron chi connectivity index (χ4n) is 5.54. The lowest BCUT2D eigenvalue weighted by Gasteiger charge is -2.42. The number of imide groups is 1. The first kappa shape index (κ1) is 25.1. The van der Waals surface area contributed by atoms with Crippen molar-refractivity contribution in [2.45, 2.75) is 37.3 Å². The lowest BCUT2D eigenvalue weighted by molar-refractivity contribution is -0.130. The molecule has 2 fully saturated rings. The van der Waals surface area contributed by atoms with Gasteiger partial charge in [-0.1, -0.05) is 73.7 Å². The number of pyridine rings is 1. The number of hydrogen-bond acceptors (Lipinski definition) is 5. The first-order valence-corrected chi connectivity index (χ1v) is 13.1. The van der Waals surface area contributed by atoms with E-state index in [1.165, 1.54) is 10.5 Å². The van der Waals surface area contributed by atoms with Gasteiger partial charge < -0.3 is 15.0 Å². The molecule has 3 heterocycles. The molecule has 37 heavy (non-hydrogen) atoms. The Morgan fingerprint density at radius 2 is 1.51 bits per heavy atom. The molecule has 2 saturated heterocycles. The lowest BCUT2D eigenvalue weighted by atomic mass is 9.83. The number of rotatable bonds is 9. The van der Waals surface area contributed by atoms with Crippen LogP contribution >= 0.6 is 0 Å². The van der Waals surface area contributed by atoms with Crippen LogP contribution in [0, 0.1) is 0 Å². The number of likely N-dealkylation sites (tertiary alicyclic amines) is 1. The highest BCUT2D eigenvalue weighted by molar-refractivity contribution is 6.09. The van der Waals surface area contributed by atoms with E-state index in [1.807, 2.05) is 42.5 Å². The van der Waals surface area contributed by atoms with Crippen molar-refractivity contribution in [1.82, 2.24) is 20.1 Å². The van der Waals surface area contributed by atoms with E-state index < -0.39 is 5.54 Å². The molecule has 0 bridgehead atoms. The smallest absolute Gasteiger partial charge is 0.325 e. The molecule has 3 amide bonds. The van der Waals surface area contributed by atoms with Crippen molar-refractivity contribution in [3.63, 3.8) is 0 Å². The summed E-state index contributed by atoms with van der Waals surface area (Å²) in [6.45, 7) is 5.49. The van der Waals surface area contributed by atoms with E-state index in [4.69, 9.17) is 4.74 Å². The number of nitrogens with one attached hydrogen (secondary N) is 1. The predicted molar refractivity (Wildman–Crippen MR) is 142 cm³/mol. The third-order valence-electron chi connectivity index (χ3n) is 7.59. The molecular weight excluding hydrogens is 464 g/mol. The van der Waals surface area contributed by atoms with Crippen molar-refractivity contribution in [1.29, 1.82) is 0 Å². The fourth-order valence-corrected chi connectivity index (χ4v) is 5.54. The SMILES string of the molecule is CCCOC1(c2ccccc2)CCN(CCN2C(=O)NC(c3ccccc3)(c3cccnc3)C2=O)CC1. The first-order chi connectivity index (χ1) is 18.1. The molecule has 0 aliphatic carbocycles. The number of urea groups is 1. The van der Waals surface area contributed by atoms with Gasteiger partial charge in [-0.25, -0.2) is 4.79 Å². The van der Waals surface area contributed by atoms with Gasteiger partial charge in [0, 0.05) is 50.7 Å². The Morgan fingerprint density at radius 1 is 0.865 bits per heavy atom. The molecule has 0 spiro atoms. The zero-order valence-corrected chi connectivity index (χ0v) is 21.3. The normalized spacial score (nSPS) is 21.7. The van der Waals surface area contributed by atoms with Crippen LogP contribution < -0.4 is 5.32 Å². The molecule has 1 N–H and O–H groups in total. The standard InChI is InChI=1S/C30H34N4O3/c1-2-22-37-29(24-10-5-3-6-11-24)15-18-33(19-16-29)20-21-34-27(35)30(32-28(34)36,25-12-7-4-8-13-25)26-14-9-17-31-23-26/h3-14,17,23H,2,15-16,18-22H2,1H3,(H,32,36). The molecule has 1 atom stereocenters. The molecule has 7 heteroatoms. The molecule has 2 aromatic carbocycles. The molecule has 0 saturated carbocycles. The summed E-state index contributed by atoms with van der Waals surface area (Å²) in [6.07, 6.45) is 6.04. The molecule has 3 aromatic rings. The minimum atomic E-state index is -1.27. The van der Waals surface area contributed by atoms with Crippen molar-refractivity contribution in [2.24, 2.45) is 0 Å². The van der Waals surface area contributed by atoms with Gasteiger partial charge in [-0.05, 0) is 36.5 Å². The summed E-state index contributed by atoms with van der Waals surface area (Å²) in [7, 11) is 0. The maximum absolute atomic E-state index is 13.9. The number of amides is 3. The van der Waals surface area contributed by atoms with Gasteiger partial charge in [0.25, 0.3) is 5.91 Å². The Morgan fingerprint density at radius 3 is 2.14 bits per heavy atom. The second-order valence-electron chi connectivity index (χ2n) is 9.80. The number of benzene rings is 2. The van der Waals surface area contributed by atoms with Gasteiger partial charge in [0.05, 0.1) is 5.60 Å². The van der Waals surface area contributed by atoms with Crippen LogP contribution in [0.25, 0.3) is 0 Å². The molecule has 2 aliphatic heterocycles. The lowest BCUT2D eigenvalue weighted by Crippen LogP contribution is -2.48. The van der Waals surface area contributed by atoms with Crippen molar-refractivity contribution in [3.05, 3.63) is 102 Å². The van der Waals surface area contributed by atoms with E-state index in [2.05, 4.69) is 46.4 Å². The average Bonchev–Trinajstić information content (AvgIpc) is 3.22. The van der Waals surface area contributed by atoms with Crippen molar-refractivity contribution in [3.8, 4) is 0 Å². The van der Waals surface area contributed by atoms with E-state index in [0.29, 0.717) is 18.7 Å². The molecule has 1 unspecified atom stereocenters. The molecule has 7 nitrogen and oxygen atoms in total. The van der Waals surface area contributed by atoms with Gasteiger partial charge in [0.1, 0.15) is 0 Å². The maximum Gasteiger partial charge on any atom is 0.325 e.